The van der Waals surface area contributed by atoms with E-state index in [4.69, 9.17) is 20.9 Å². The van der Waals surface area contributed by atoms with Gasteiger partial charge in [-0.25, -0.2) is 49.8 Å². The molecule has 4 aliphatic heterocycles. The molecule has 4 saturated carbocycles. The molecule has 4 aromatic carbocycles. The number of anilines is 2. The Kier molecular flexibility index (Phi) is 22.7. The minimum Gasteiger partial charge on any atom is -0.390 e. The number of aliphatic hydroxyl groups excluding tert-OH is 8. The number of aryl methyl sites for hydroxylation is 4. The minimum atomic E-state index is -0.851. The fourth-order valence-electron chi connectivity index (χ4n) is 21.9. The van der Waals surface area contributed by atoms with Crippen LogP contribution >= 0.6 is 31.9 Å². The summed E-state index contributed by atoms with van der Waals surface area (Å²) in [5.74, 6) is 0.958. The van der Waals surface area contributed by atoms with E-state index in [2.05, 4.69) is 153 Å². The summed E-state index contributed by atoms with van der Waals surface area (Å²) in [5, 5.41) is 101. The Morgan fingerprint density at radius 3 is 0.976 bits per heavy atom. The average Bonchev–Trinajstić information content (AvgIpc) is 1.60. The summed E-state index contributed by atoms with van der Waals surface area (Å²) in [6.45, 7) is 9.99. The average molecular weight is 1810 g/mol. The van der Waals surface area contributed by atoms with E-state index in [9.17, 15) is 40.9 Å². The van der Waals surface area contributed by atoms with E-state index in [0.29, 0.717) is 63.6 Å². The van der Waals surface area contributed by atoms with Gasteiger partial charge in [0.2, 0.25) is 0 Å². The second-order valence-corrected chi connectivity index (χ2v) is 37.7. The number of rotatable bonds is 8. The first-order valence-corrected chi connectivity index (χ1v) is 44.6. The first-order chi connectivity index (χ1) is 59.9. The minimum absolute atomic E-state index is 0.0537. The van der Waals surface area contributed by atoms with Crippen LogP contribution in [0.25, 0.3) is 65.9 Å². The molecular weight excluding hydrogens is 1700 g/mol. The number of nitrogens with one attached hydrogen (secondary N) is 2. The van der Waals surface area contributed by atoms with Crippen molar-refractivity contribution < 1.29 is 50.3 Å². The van der Waals surface area contributed by atoms with E-state index in [1.165, 1.54) is 11.1 Å². The fraction of sp³-hybridized carbons (Fsp3) is 0.426. The molecule has 14 aromatic rings. The van der Waals surface area contributed by atoms with E-state index < -0.39 is 59.7 Å². The molecule has 14 N–H and O–H groups in total. The van der Waals surface area contributed by atoms with Crippen LogP contribution in [-0.2, 0) is 9.47 Å². The van der Waals surface area contributed by atoms with Gasteiger partial charge in [-0.1, -0.05) is 84.9 Å². The van der Waals surface area contributed by atoms with Crippen LogP contribution in [-0.4, -0.2) is 184 Å². The molecule has 8 fully saturated rings. The predicted molar refractivity (Wildman–Crippen MR) is 478 cm³/mol. The molecule has 28 nitrogen and oxygen atoms in total. The largest absolute Gasteiger partial charge is 0.390 e. The summed E-state index contributed by atoms with van der Waals surface area (Å²) < 4.78 is 22.0. The zero-order valence-electron chi connectivity index (χ0n) is 69.4. The molecule has 0 radical (unpaired) electrons. The molecule has 124 heavy (non-hydrogen) atoms. The first kappa shape index (κ1) is 83.8. The molecule has 10 aromatic heterocycles. The molecule has 4 saturated heterocycles. The van der Waals surface area contributed by atoms with Crippen LogP contribution in [0.3, 0.4) is 0 Å². The van der Waals surface area contributed by atoms with Crippen molar-refractivity contribution in [3.05, 3.63) is 238 Å². The Bertz CT molecular complexity index is 5870. The van der Waals surface area contributed by atoms with Crippen molar-refractivity contribution in [2.24, 2.45) is 21.7 Å². The lowest BCUT2D eigenvalue weighted by Gasteiger charge is -2.40. The highest BCUT2D eigenvalue weighted by Crippen LogP contribution is 2.57. The van der Waals surface area contributed by atoms with E-state index >= 15 is 0 Å². The summed E-state index contributed by atoms with van der Waals surface area (Å²) in [5.41, 5.74) is 23.6. The summed E-state index contributed by atoms with van der Waals surface area (Å²) >= 11 is 6.88. The monoisotopic (exact) mass is 1800 g/mol. The van der Waals surface area contributed by atoms with Crippen LogP contribution in [0.2, 0.25) is 0 Å². The number of aromatic nitrogens is 14. The molecular formula is C94H104Br2N18O10. The fourth-order valence-corrected chi connectivity index (χ4v) is 22.5. The highest BCUT2D eigenvalue weighted by Gasteiger charge is 2.59. The third-order valence-corrected chi connectivity index (χ3v) is 30.4. The highest BCUT2D eigenvalue weighted by atomic mass is 79.9. The number of hydrogen-bond acceptors (Lipinski definition) is 24. The molecule has 0 amide bonds. The number of pyridine rings is 2. The number of piperidine rings is 2. The van der Waals surface area contributed by atoms with Gasteiger partial charge in [-0.05, 0) is 207 Å². The molecule has 30 heteroatoms. The lowest BCUT2D eigenvalue weighted by atomic mass is 9.74. The lowest BCUT2D eigenvalue weighted by molar-refractivity contribution is -0.120. The summed E-state index contributed by atoms with van der Waals surface area (Å²) in [7, 11) is 0. The number of nitrogens with two attached hydrogens (primary N) is 2. The number of nitrogen functional groups attached to an aromatic ring is 2. The van der Waals surface area contributed by atoms with Crippen molar-refractivity contribution in [3.63, 3.8) is 0 Å². The van der Waals surface area contributed by atoms with Gasteiger partial charge in [0.05, 0.1) is 117 Å². The van der Waals surface area contributed by atoms with Crippen LogP contribution in [0.5, 0.6) is 0 Å². The van der Waals surface area contributed by atoms with Gasteiger partial charge in [0, 0.05) is 104 Å². The Morgan fingerprint density at radius 1 is 0.371 bits per heavy atom. The molecule has 22 rings (SSSR count). The zero-order valence-corrected chi connectivity index (χ0v) is 72.6. The first-order valence-electron chi connectivity index (χ1n) is 43.0. The van der Waals surface area contributed by atoms with Crippen LogP contribution in [0.1, 0.15) is 171 Å². The highest BCUT2D eigenvalue weighted by molar-refractivity contribution is 9.11. The number of aliphatic hydroxyl groups is 8. The van der Waals surface area contributed by atoms with Gasteiger partial charge >= 0.3 is 0 Å². The van der Waals surface area contributed by atoms with Crippen molar-refractivity contribution in [1.29, 1.82) is 0 Å². The standard InChI is InChI=1S/2C25H27BrN6O2.2C22H25N3O3/c2*1-13-16-5-7-32(24(16)30-12-29-13)20-10-25(22(34)21(20)33)6-4-18(28-11-25)15-3-2-14-8-17(26)23(27)31-19(14)9-15;2*1-14-16-8-10-25(21(16)24-13-23-14)17-11-22(20(27)19(17)26)9-7-18(28-12-22)15-5-3-2-4-6-15/h2*2-3,5,7-9,12,18,20-22,28,33-34H,4,6,10-11H2,1H3,(H2,27,31);2*2-6,8,10,13,17-20,26-27H,7,9,11-12H2,1H3/t18-,20+,21-,22-,25-;18-,20-,21+,22+,25+;17-,18+,19+,20+,22+;17-,18-,19+,20+,22+/m0111/s1. The van der Waals surface area contributed by atoms with E-state index in [1.54, 1.807) is 25.3 Å². The maximum atomic E-state index is 11.2. The topological polar surface area (TPSA) is 405 Å². The van der Waals surface area contributed by atoms with Gasteiger partial charge in [0.1, 0.15) is 83.9 Å². The van der Waals surface area contributed by atoms with Gasteiger partial charge in [0.15, 0.2) is 0 Å². The van der Waals surface area contributed by atoms with Gasteiger partial charge in [0.25, 0.3) is 0 Å². The Morgan fingerprint density at radius 2 is 0.677 bits per heavy atom. The molecule has 0 unspecified atom stereocenters. The Balaban J connectivity index is 0.000000109. The van der Waals surface area contributed by atoms with E-state index in [-0.39, 0.29) is 59.3 Å². The maximum absolute atomic E-state index is 11.2. The van der Waals surface area contributed by atoms with Gasteiger partial charge in [-0.2, -0.15) is 0 Å². The van der Waals surface area contributed by atoms with Crippen LogP contribution in [0.15, 0.2) is 193 Å². The number of benzene rings is 4. The van der Waals surface area contributed by atoms with Crippen molar-refractivity contribution in [2.45, 2.75) is 202 Å². The molecule has 644 valence electrons. The molecule has 8 aliphatic rings. The third kappa shape index (κ3) is 15.0. The van der Waals surface area contributed by atoms with Crippen LogP contribution in [0.4, 0.5) is 11.6 Å². The number of halogens is 2. The molecule has 20 atom stereocenters. The van der Waals surface area contributed by atoms with Gasteiger partial charge < -0.3 is 90.7 Å². The third-order valence-electron chi connectivity index (χ3n) is 29.1. The van der Waals surface area contributed by atoms with Gasteiger partial charge in [-0.3, -0.25) is 0 Å². The summed E-state index contributed by atoms with van der Waals surface area (Å²) in [6, 6.07) is 44.3. The lowest BCUT2D eigenvalue weighted by Crippen LogP contribution is -2.48. The van der Waals surface area contributed by atoms with Crippen molar-refractivity contribution >= 4 is 109 Å². The van der Waals surface area contributed by atoms with Crippen molar-refractivity contribution in [2.75, 3.05) is 37.8 Å². The van der Waals surface area contributed by atoms with Crippen molar-refractivity contribution in [3.8, 4) is 0 Å². The van der Waals surface area contributed by atoms with Crippen molar-refractivity contribution in [1.82, 2.24) is 78.7 Å². The zero-order chi connectivity index (χ0) is 85.8. The summed E-state index contributed by atoms with van der Waals surface area (Å²) in [6.07, 6.45) is 16.9. The smallest absolute Gasteiger partial charge is 0.143 e. The summed E-state index contributed by atoms with van der Waals surface area (Å²) in [4.78, 5) is 43.8. The number of hydrogen-bond donors (Lipinski definition) is 12. The second kappa shape index (κ2) is 33.6. The van der Waals surface area contributed by atoms with Gasteiger partial charge in [-0.15, -0.1) is 0 Å². The normalized spacial score (nSPS) is 31.0. The predicted octanol–water partition coefficient (Wildman–Crippen LogP) is 12.7. The SMILES string of the molecule is Cc1ncnc2c1ccn2[C@@H]1C[C@]2(CC[C@@H](c3ccc4cc(Br)c(N)nc4c3)NC2)[C@@H](O)[C@H]1O.Cc1ncnc2c1ccn2[C@@H]1C[C@]2(CC[C@@H](c3ccccc3)OC2)[C@@H](O)[C@H]1O.Cc1ncnc2c1ccn2[C@@H]1C[C@]2(CC[C@H](c3ccc4cc(Br)c(N)nc4c3)NC2)[C@@H](O)[C@H]1O.Cc1ncnc2c1ccn2[C@@H]1C[C@]2(CC[C@H](c3ccccc3)OC2)[C@@H](O)[C@H]1O. The molecule has 4 aliphatic carbocycles. The maximum Gasteiger partial charge on any atom is 0.143 e. The molecule has 14 heterocycles. The Labute approximate surface area is 732 Å². The Hall–Kier alpha value is -9.74. The quantitative estimate of drug-likeness (QED) is 0.0672. The van der Waals surface area contributed by atoms with Crippen LogP contribution < -0.4 is 22.1 Å². The number of fused-ring (bicyclic) bond motifs is 6. The van der Waals surface area contributed by atoms with E-state index in [1.807, 2.05) is 144 Å². The molecule has 4 spiro atoms. The van der Waals surface area contributed by atoms with Crippen LogP contribution in [0, 0.1) is 49.4 Å². The number of ether oxygens (including phenoxy) is 2. The molecule has 0 bridgehead atoms. The number of nitrogens with zero attached hydrogens (tertiary/aromatic N) is 14. The second-order valence-electron chi connectivity index (χ2n) is 36.0. The van der Waals surface area contributed by atoms with E-state index in [0.717, 1.165) is 160 Å².